The van der Waals surface area contributed by atoms with Gasteiger partial charge in [0, 0.05) is 0 Å². The molecule has 2 rings (SSSR count). The Morgan fingerprint density at radius 1 is 1.36 bits per heavy atom. The molecule has 0 heterocycles. The molecule has 0 bridgehead atoms. The summed E-state index contributed by atoms with van der Waals surface area (Å²) in [4.78, 5) is 0. The molecule has 0 saturated heterocycles. The van der Waals surface area contributed by atoms with Gasteiger partial charge < -0.3 is 0 Å². The Balaban J connectivity index is 2.22. The Labute approximate surface area is 69.0 Å². The fraction of sp³-hybridized carbons (Fsp3) is 0.636. The molecular weight excluding hydrogens is 132 g/mol. The molecule has 1 fully saturated rings. The first-order valence-corrected chi connectivity index (χ1v) is 4.64. The quantitative estimate of drug-likeness (QED) is 0.495. The minimum atomic E-state index is 0.792. The average Bonchev–Trinajstić information content (AvgIpc) is 2.31. The molecule has 3 unspecified atom stereocenters. The summed E-state index contributed by atoms with van der Waals surface area (Å²) in [6, 6.07) is 0. The van der Waals surface area contributed by atoms with E-state index in [4.69, 9.17) is 0 Å². The monoisotopic (exact) mass is 148 g/mol. The van der Waals surface area contributed by atoms with Crippen molar-refractivity contribution in [3.8, 4) is 0 Å². The van der Waals surface area contributed by atoms with Gasteiger partial charge in [0.2, 0.25) is 0 Å². The first-order valence-electron chi connectivity index (χ1n) is 4.64. The third-order valence-electron chi connectivity index (χ3n) is 3.08. The average molecular weight is 148 g/mol. The lowest BCUT2D eigenvalue weighted by molar-refractivity contribution is 0.453. The summed E-state index contributed by atoms with van der Waals surface area (Å²) in [7, 11) is 0. The van der Waals surface area contributed by atoms with Crippen molar-refractivity contribution in [2.75, 3.05) is 0 Å². The molecule has 0 aromatic rings. The van der Waals surface area contributed by atoms with Gasteiger partial charge in [-0.3, -0.25) is 0 Å². The minimum absolute atomic E-state index is 0.792. The minimum Gasteiger partial charge on any atom is -0.0811 e. The SMILES string of the molecule is CC1CC2=CC=CC(C)C2C1. The maximum Gasteiger partial charge on any atom is -0.0137 e. The molecule has 0 aromatic heterocycles. The van der Waals surface area contributed by atoms with E-state index in [2.05, 4.69) is 32.1 Å². The maximum absolute atomic E-state index is 2.37. The molecule has 0 amide bonds. The van der Waals surface area contributed by atoms with E-state index >= 15 is 0 Å². The van der Waals surface area contributed by atoms with Crippen LogP contribution in [-0.4, -0.2) is 0 Å². The lowest BCUT2D eigenvalue weighted by atomic mass is 9.85. The van der Waals surface area contributed by atoms with Gasteiger partial charge in [0.15, 0.2) is 0 Å². The number of hydrogen-bond acceptors (Lipinski definition) is 0. The van der Waals surface area contributed by atoms with E-state index in [9.17, 15) is 0 Å². The third-order valence-corrected chi connectivity index (χ3v) is 3.08. The first-order chi connectivity index (χ1) is 5.27. The predicted molar refractivity (Wildman–Crippen MR) is 48.3 cm³/mol. The van der Waals surface area contributed by atoms with Crippen LogP contribution in [-0.2, 0) is 0 Å². The predicted octanol–water partition coefficient (Wildman–Crippen LogP) is 3.16. The van der Waals surface area contributed by atoms with Crippen molar-refractivity contribution < 1.29 is 0 Å². The molecule has 0 aliphatic heterocycles. The van der Waals surface area contributed by atoms with Crippen molar-refractivity contribution in [3.05, 3.63) is 23.8 Å². The normalized spacial score (nSPS) is 42.0. The van der Waals surface area contributed by atoms with Gasteiger partial charge in [-0.1, -0.05) is 37.6 Å². The highest BCUT2D eigenvalue weighted by Gasteiger charge is 2.30. The van der Waals surface area contributed by atoms with E-state index in [1.54, 1.807) is 5.57 Å². The number of rotatable bonds is 0. The highest BCUT2D eigenvalue weighted by atomic mass is 14.3. The van der Waals surface area contributed by atoms with Crippen molar-refractivity contribution in [1.82, 2.24) is 0 Å². The summed E-state index contributed by atoms with van der Waals surface area (Å²) in [5, 5.41) is 0. The van der Waals surface area contributed by atoms with Gasteiger partial charge in [-0.2, -0.15) is 0 Å². The summed E-state index contributed by atoms with van der Waals surface area (Å²) in [6.07, 6.45) is 9.66. The summed E-state index contributed by atoms with van der Waals surface area (Å²) in [6.45, 7) is 4.71. The molecule has 0 spiro atoms. The largest absolute Gasteiger partial charge is 0.0811 e. The Morgan fingerprint density at radius 3 is 2.91 bits per heavy atom. The number of hydrogen-bond donors (Lipinski definition) is 0. The van der Waals surface area contributed by atoms with Crippen LogP contribution in [0, 0.1) is 17.8 Å². The van der Waals surface area contributed by atoms with Gasteiger partial charge in [0.25, 0.3) is 0 Å². The molecule has 0 aromatic carbocycles. The van der Waals surface area contributed by atoms with Crippen LogP contribution in [0.5, 0.6) is 0 Å². The van der Waals surface area contributed by atoms with Crippen molar-refractivity contribution in [1.29, 1.82) is 0 Å². The van der Waals surface area contributed by atoms with Crippen LogP contribution in [0.3, 0.4) is 0 Å². The van der Waals surface area contributed by atoms with Crippen molar-refractivity contribution >= 4 is 0 Å². The van der Waals surface area contributed by atoms with Gasteiger partial charge >= 0.3 is 0 Å². The zero-order valence-corrected chi connectivity index (χ0v) is 7.38. The molecule has 0 heteroatoms. The van der Waals surface area contributed by atoms with E-state index in [1.807, 2.05) is 0 Å². The third kappa shape index (κ3) is 1.15. The summed E-state index contributed by atoms with van der Waals surface area (Å²) < 4.78 is 0. The zero-order valence-electron chi connectivity index (χ0n) is 7.38. The van der Waals surface area contributed by atoms with Crippen molar-refractivity contribution in [2.24, 2.45) is 17.8 Å². The summed E-state index contributed by atoms with van der Waals surface area (Å²) in [5.41, 5.74) is 1.70. The second-order valence-electron chi connectivity index (χ2n) is 4.14. The Bertz CT molecular complexity index is 210. The molecule has 3 atom stereocenters. The fourth-order valence-electron chi connectivity index (χ4n) is 2.45. The van der Waals surface area contributed by atoms with Crippen LogP contribution in [0.4, 0.5) is 0 Å². The Hall–Kier alpha value is -0.520. The zero-order chi connectivity index (χ0) is 7.84. The molecule has 1 saturated carbocycles. The highest BCUT2D eigenvalue weighted by molar-refractivity contribution is 5.25. The molecule has 11 heavy (non-hydrogen) atoms. The van der Waals surface area contributed by atoms with E-state index in [1.165, 1.54) is 12.8 Å². The molecule has 0 N–H and O–H groups in total. The second-order valence-corrected chi connectivity index (χ2v) is 4.14. The van der Waals surface area contributed by atoms with Gasteiger partial charge in [0.1, 0.15) is 0 Å². The van der Waals surface area contributed by atoms with Gasteiger partial charge in [0.05, 0.1) is 0 Å². The molecule has 2 aliphatic carbocycles. The van der Waals surface area contributed by atoms with Crippen molar-refractivity contribution in [2.45, 2.75) is 26.7 Å². The van der Waals surface area contributed by atoms with Crippen LogP contribution in [0.25, 0.3) is 0 Å². The van der Waals surface area contributed by atoms with Gasteiger partial charge in [-0.15, -0.1) is 0 Å². The standard InChI is InChI=1S/C11H16/c1-8-6-10-5-3-4-9(2)11(10)7-8/h3-5,8-9,11H,6-7H2,1-2H3. The maximum atomic E-state index is 2.37. The van der Waals surface area contributed by atoms with Crippen LogP contribution < -0.4 is 0 Å². The van der Waals surface area contributed by atoms with E-state index in [-0.39, 0.29) is 0 Å². The molecule has 60 valence electrons. The molecule has 2 aliphatic rings. The number of allylic oxidation sites excluding steroid dienone is 4. The summed E-state index contributed by atoms with van der Waals surface area (Å²) in [5.74, 6) is 2.60. The van der Waals surface area contributed by atoms with Gasteiger partial charge in [-0.05, 0) is 30.6 Å². The lowest BCUT2D eigenvalue weighted by Gasteiger charge is -2.20. The number of fused-ring (bicyclic) bond motifs is 1. The van der Waals surface area contributed by atoms with Crippen LogP contribution in [0.2, 0.25) is 0 Å². The Kier molecular flexibility index (Phi) is 1.63. The van der Waals surface area contributed by atoms with Gasteiger partial charge in [-0.25, -0.2) is 0 Å². The molecule has 0 radical (unpaired) electrons. The van der Waals surface area contributed by atoms with E-state index in [0.29, 0.717) is 0 Å². The fourth-order valence-corrected chi connectivity index (χ4v) is 2.45. The topological polar surface area (TPSA) is 0 Å². The molecule has 0 nitrogen and oxygen atoms in total. The second kappa shape index (κ2) is 2.51. The van der Waals surface area contributed by atoms with Crippen LogP contribution in [0.15, 0.2) is 23.8 Å². The van der Waals surface area contributed by atoms with E-state index < -0.39 is 0 Å². The molecular formula is C11H16. The van der Waals surface area contributed by atoms with Crippen LogP contribution in [0.1, 0.15) is 26.7 Å². The smallest absolute Gasteiger partial charge is 0.0137 e. The summed E-state index contributed by atoms with van der Waals surface area (Å²) >= 11 is 0. The Morgan fingerprint density at radius 2 is 2.18 bits per heavy atom. The van der Waals surface area contributed by atoms with E-state index in [0.717, 1.165) is 17.8 Å². The van der Waals surface area contributed by atoms with Crippen LogP contribution >= 0.6 is 0 Å². The lowest BCUT2D eigenvalue weighted by Crippen LogP contribution is -2.09. The first kappa shape index (κ1) is 7.15. The highest BCUT2D eigenvalue weighted by Crippen LogP contribution is 2.42. The van der Waals surface area contributed by atoms with Crippen molar-refractivity contribution in [3.63, 3.8) is 0 Å².